The maximum absolute atomic E-state index is 5.20. The van der Waals surface area contributed by atoms with Gasteiger partial charge >= 0.3 is 0 Å². The molecule has 2 heterocycles. The minimum absolute atomic E-state index is 1.05. The van der Waals surface area contributed by atoms with Crippen LogP contribution in [0.15, 0.2) is 200 Å². The first-order chi connectivity index (χ1) is 27.3. The van der Waals surface area contributed by atoms with E-state index in [0.717, 1.165) is 38.8 Å². The minimum Gasteiger partial charge on any atom is -0.310 e. The van der Waals surface area contributed by atoms with Crippen LogP contribution in [0.1, 0.15) is 0 Å². The number of nitrogens with zero attached hydrogens (tertiary/aromatic N) is 3. The number of rotatable bonds is 6. The Balaban J connectivity index is 1.16. The molecule has 0 spiro atoms. The van der Waals surface area contributed by atoms with Gasteiger partial charge in [0.1, 0.15) is 5.01 Å². The smallest absolute Gasteiger partial charge is 0.124 e. The lowest BCUT2D eigenvalue weighted by Crippen LogP contribution is -2.11. The van der Waals surface area contributed by atoms with Crippen molar-refractivity contribution < 1.29 is 0 Å². The van der Waals surface area contributed by atoms with Crippen LogP contribution in [0.4, 0.5) is 17.1 Å². The normalized spacial score (nSPS) is 11.6. The van der Waals surface area contributed by atoms with E-state index in [9.17, 15) is 0 Å². The maximum Gasteiger partial charge on any atom is 0.124 e. The van der Waals surface area contributed by atoms with Gasteiger partial charge in [0.05, 0.1) is 26.9 Å². The van der Waals surface area contributed by atoms with Crippen molar-refractivity contribution in [3.8, 4) is 27.4 Å². The molecule has 55 heavy (non-hydrogen) atoms. The van der Waals surface area contributed by atoms with Crippen molar-refractivity contribution in [3.63, 3.8) is 0 Å². The van der Waals surface area contributed by atoms with Crippen LogP contribution < -0.4 is 4.90 Å². The van der Waals surface area contributed by atoms with Crippen LogP contribution in [0.3, 0.4) is 0 Å². The molecular formula is C51H33N3S. The summed E-state index contributed by atoms with van der Waals surface area (Å²) in [4.78, 5) is 7.63. The minimum atomic E-state index is 1.05. The van der Waals surface area contributed by atoms with Gasteiger partial charge in [-0.3, -0.25) is 0 Å². The molecule has 0 aliphatic rings. The second-order valence-electron chi connectivity index (χ2n) is 14.0. The van der Waals surface area contributed by atoms with E-state index in [0.29, 0.717) is 0 Å². The zero-order valence-electron chi connectivity index (χ0n) is 29.8. The van der Waals surface area contributed by atoms with E-state index in [2.05, 4.69) is 210 Å². The lowest BCUT2D eigenvalue weighted by atomic mass is 9.98. The highest BCUT2D eigenvalue weighted by Crippen LogP contribution is 2.45. The van der Waals surface area contributed by atoms with Gasteiger partial charge in [0.15, 0.2) is 0 Å². The van der Waals surface area contributed by atoms with Crippen LogP contribution in [0.2, 0.25) is 0 Å². The molecule has 9 aromatic carbocycles. The number of para-hydroxylation sites is 2. The Morgan fingerprint density at radius 2 is 1.00 bits per heavy atom. The number of benzene rings is 9. The Bertz CT molecular complexity index is 3200. The average molecular weight is 720 g/mol. The molecule has 0 amide bonds. The first-order valence-corrected chi connectivity index (χ1v) is 19.4. The van der Waals surface area contributed by atoms with E-state index < -0.39 is 0 Å². The largest absolute Gasteiger partial charge is 0.310 e. The summed E-state index contributed by atoms with van der Waals surface area (Å²) in [6.45, 7) is 0. The summed E-state index contributed by atoms with van der Waals surface area (Å²) in [6, 6.07) is 72.2. The maximum atomic E-state index is 5.20. The molecule has 0 bridgehead atoms. The molecule has 0 saturated carbocycles. The number of anilines is 3. The van der Waals surface area contributed by atoms with Crippen molar-refractivity contribution in [1.29, 1.82) is 0 Å². The molecular weight excluding hydrogens is 687 g/mol. The summed E-state index contributed by atoms with van der Waals surface area (Å²) >= 11 is 1.75. The molecule has 3 nitrogen and oxygen atoms in total. The van der Waals surface area contributed by atoms with Gasteiger partial charge in [-0.15, -0.1) is 11.3 Å². The van der Waals surface area contributed by atoms with E-state index in [4.69, 9.17) is 4.98 Å². The van der Waals surface area contributed by atoms with E-state index in [-0.39, 0.29) is 0 Å². The first-order valence-electron chi connectivity index (χ1n) is 18.6. The molecule has 0 saturated heterocycles. The van der Waals surface area contributed by atoms with Crippen LogP contribution >= 0.6 is 11.3 Å². The Labute approximate surface area is 322 Å². The fraction of sp³-hybridized carbons (Fsp3) is 0. The van der Waals surface area contributed by atoms with Gasteiger partial charge in [0, 0.05) is 44.2 Å². The molecule has 0 fully saturated rings. The number of thiazole rings is 1. The standard InChI is InChI=1S/C51H33N3S/c1-4-14-34(15-5-1)36-18-12-21-38(32-36)53(39-26-27-44-42-22-10-11-24-47(42)54(48(44)33-39)37-19-8-3-9-20-37)46-25-13-23-40-41-30-31-49-50(45(41)29-28-43(40)46)52-51(55-49)35-16-6-2-7-17-35/h1-33H. The van der Waals surface area contributed by atoms with Gasteiger partial charge in [-0.1, -0.05) is 146 Å². The summed E-state index contributed by atoms with van der Waals surface area (Å²) in [7, 11) is 0. The summed E-state index contributed by atoms with van der Waals surface area (Å²) in [5, 5.41) is 8.28. The Morgan fingerprint density at radius 3 is 1.84 bits per heavy atom. The zero-order valence-corrected chi connectivity index (χ0v) is 30.6. The molecule has 4 heteroatoms. The molecule has 0 aliphatic heterocycles. The van der Waals surface area contributed by atoms with Crippen molar-refractivity contribution in [3.05, 3.63) is 200 Å². The van der Waals surface area contributed by atoms with Crippen molar-refractivity contribution in [2.45, 2.75) is 0 Å². The molecule has 0 N–H and O–H groups in total. The highest BCUT2D eigenvalue weighted by molar-refractivity contribution is 7.21. The number of hydrogen-bond acceptors (Lipinski definition) is 3. The van der Waals surface area contributed by atoms with E-state index in [1.54, 1.807) is 11.3 Å². The summed E-state index contributed by atoms with van der Waals surface area (Å²) in [5.41, 5.74) is 11.4. The number of hydrogen-bond donors (Lipinski definition) is 0. The molecule has 11 rings (SSSR count). The van der Waals surface area contributed by atoms with Crippen LogP contribution in [-0.2, 0) is 0 Å². The van der Waals surface area contributed by atoms with Crippen LogP contribution in [0.25, 0.3) is 81.0 Å². The Hall–Kier alpha value is -7.01. The number of fused-ring (bicyclic) bond motifs is 8. The second kappa shape index (κ2) is 12.8. The van der Waals surface area contributed by atoms with Gasteiger partial charge < -0.3 is 9.47 Å². The highest BCUT2D eigenvalue weighted by Gasteiger charge is 2.21. The highest BCUT2D eigenvalue weighted by atomic mass is 32.1. The fourth-order valence-corrected chi connectivity index (χ4v) is 9.27. The zero-order chi connectivity index (χ0) is 36.3. The van der Waals surface area contributed by atoms with E-state index in [1.807, 2.05) is 0 Å². The van der Waals surface area contributed by atoms with Gasteiger partial charge in [0.25, 0.3) is 0 Å². The first kappa shape index (κ1) is 31.5. The van der Waals surface area contributed by atoms with Gasteiger partial charge in [-0.05, 0) is 76.5 Å². The molecule has 0 atom stereocenters. The topological polar surface area (TPSA) is 21.1 Å². The lowest BCUT2D eigenvalue weighted by Gasteiger charge is -2.28. The summed E-state index contributed by atoms with van der Waals surface area (Å²) in [5.74, 6) is 0. The van der Waals surface area contributed by atoms with Crippen molar-refractivity contribution in [2.24, 2.45) is 0 Å². The summed E-state index contributed by atoms with van der Waals surface area (Å²) in [6.07, 6.45) is 0. The predicted molar refractivity (Wildman–Crippen MR) is 235 cm³/mol. The van der Waals surface area contributed by atoms with Crippen LogP contribution in [-0.4, -0.2) is 9.55 Å². The number of aromatic nitrogens is 2. The average Bonchev–Trinajstić information content (AvgIpc) is 3.85. The fourth-order valence-electron chi connectivity index (χ4n) is 8.28. The van der Waals surface area contributed by atoms with Gasteiger partial charge in [-0.25, -0.2) is 4.98 Å². The van der Waals surface area contributed by atoms with Crippen molar-refractivity contribution in [1.82, 2.24) is 9.55 Å². The quantitative estimate of drug-likeness (QED) is 0.160. The molecule has 11 aromatic rings. The molecule has 0 radical (unpaired) electrons. The molecule has 0 unspecified atom stereocenters. The third kappa shape index (κ3) is 5.22. The lowest BCUT2D eigenvalue weighted by molar-refractivity contribution is 1.18. The molecule has 2 aromatic heterocycles. The predicted octanol–water partition coefficient (Wildman–Crippen LogP) is 14.5. The SMILES string of the molecule is c1ccc(-c2cccc(N(c3ccc4c5ccccc5n(-c5ccccc5)c4c3)c3cccc4c3ccc3c4ccc4sc(-c5ccccc5)nc43)c2)cc1. The third-order valence-electron chi connectivity index (χ3n) is 10.8. The van der Waals surface area contributed by atoms with Gasteiger partial charge in [0.2, 0.25) is 0 Å². The van der Waals surface area contributed by atoms with Crippen LogP contribution in [0.5, 0.6) is 0 Å². The molecule has 0 aliphatic carbocycles. The van der Waals surface area contributed by atoms with Crippen molar-refractivity contribution >= 4 is 82.0 Å². The Morgan fingerprint density at radius 1 is 0.400 bits per heavy atom. The Kier molecular flexibility index (Phi) is 7.35. The van der Waals surface area contributed by atoms with E-state index >= 15 is 0 Å². The molecule has 258 valence electrons. The summed E-state index contributed by atoms with van der Waals surface area (Å²) < 4.78 is 3.59. The second-order valence-corrected chi connectivity index (χ2v) is 15.0. The van der Waals surface area contributed by atoms with Crippen molar-refractivity contribution in [2.75, 3.05) is 4.90 Å². The van der Waals surface area contributed by atoms with Gasteiger partial charge in [-0.2, -0.15) is 0 Å². The monoisotopic (exact) mass is 719 g/mol. The van der Waals surface area contributed by atoms with E-state index in [1.165, 1.54) is 59.2 Å². The third-order valence-corrected chi connectivity index (χ3v) is 11.9. The van der Waals surface area contributed by atoms with Crippen LogP contribution in [0, 0.1) is 0 Å².